The predicted octanol–water partition coefficient (Wildman–Crippen LogP) is 1.98. The molecule has 0 unspecified atom stereocenters. The third-order valence-corrected chi connectivity index (χ3v) is 3.13. The van der Waals surface area contributed by atoms with Gasteiger partial charge >= 0.3 is 0 Å². The summed E-state index contributed by atoms with van der Waals surface area (Å²) in [5.74, 6) is 0. The number of rotatable bonds is 0. The molecule has 14 heavy (non-hydrogen) atoms. The molecule has 0 aliphatic heterocycles. The molecule has 1 atom stereocenters. The predicted molar refractivity (Wildman–Crippen MR) is 58.3 cm³/mol. The third kappa shape index (κ3) is 1.07. The van der Waals surface area contributed by atoms with Gasteiger partial charge in [-0.2, -0.15) is 0 Å². The van der Waals surface area contributed by atoms with E-state index in [2.05, 4.69) is 29.2 Å². The quantitative estimate of drug-likeness (QED) is 0.649. The number of aromatic amines is 1. The van der Waals surface area contributed by atoms with E-state index in [-0.39, 0.29) is 0 Å². The van der Waals surface area contributed by atoms with E-state index in [4.69, 9.17) is 5.73 Å². The third-order valence-electron chi connectivity index (χ3n) is 3.13. The van der Waals surface area contributed by atoms with E-state index in [1.54, 1.807) is 0 Å². The molecule has 0 radical (unpaired) electrons. The number of aryl methyl sites for hydroxylation is 1. The molecule has 1 aliphatic rings. The molecule has 0 amide bonds. The number of fused-ring (bicyclic) bond motifs is 3. The van der Waals surface area contributed by atoms with Crippen molar-refractivity contribution in [3.8, 4) is 0 Å². The molecule has 3 rings (SSSR count). The van der Waals surface area contributed by atoms with E-state index in [9.17, 15) is 0 Å². The molecule has 0 spiro atoms. The minimum Gasteiger partial charge on any atom is -0.358 e. The second-order valence-electron chi connectivity index (χ2n) is 4.13. The van der Waals surface area contributed by atoms with Crippen LogP contribution in [0.25, 0.3) is 10.9 Å². The van der Waals surface area contributed by atoms with E-state index < -0.39 is 0 Å². The van der Waals surface area contributed by atoms with Crippen LogP contribution in [0.1, 0.15) is 17.7 Å². The van der Waals surface area contributed by atoms with E-state index in [0.29, 0.717) is 6.04 Å². The molecule has 1 heterocycles. The largest absolute Gasteiger partial charge is 0.358 e. The van der Waals surface area contributed by atoms with Gasteiger partial charge in [0.05, 0.1) is 0 Å². The van der Waals surface area contributed by atoms with Gasteiger partial charge in [-0.05, 0) is 24.5 Å². The minimum atomic E-state index is 0.343. The summed E-state index contributed by atoms with van der Waals surface area (Å²) in [5, 5.41) is 1.38. The molecule has 1 aliphatic carbocycles. The highest BCUT2D eigenvalue weighted by Crippen LogP contribution is 2.28. The van der Waals surface area contributed by atoms with Gasteiger partial charge in [0.25, 0.3) is 0 Å². The fraction of sp³-hybridized carbons (Fsp3) is 0.333. The molecular weight excluding hydrogens is 172 g/mol. The van der Waals surface area contributed by atoms with Crippen LogP contribution in [-0.4, -0.2) is 11.0 Å². The Hall–Kier alpha value is -1.28. The molecule has 1 aromatic carbocycles. The molecule has 2 heteroatoms. The van der Waals surface area contributed by atoms with E-state index in [1.165, 1.54) is 22.2 Å². The number of para-hydroxylation sites is 1. The summed E-state index contributed by atoms with van der Waals surface area (Å²) in [6.07, 6.45) is 3.25. The molecule has 0 saturated heterocycles. The normalized spacial score (nSPS) is 21.1. The summed E-state index contributed by atoms with van der Waals surface area (Å²) in [6.45, 7) is 0. The Morgan fingerprint density at radius 2 is 2.14 bits per heavy atom. The van der Waals surface area contributed by atoms with Crippen LogP contribution in [0.3, 0.4) is 0 Å². The molecule has 3 N–H and O–H groups in total. The highest BCUT2D eigenvalue weighted by Gasteiger charge is 2.19. The Balaban J connectivity index is 2.24. The van der Waals surface area contributed by atoms with Crippen LogP contribution < -0.4 is 5.73 Å². The maximum Gasteiger partial charge on any atom is 0.0458 e. The van der Waals surface area contributed by atoms with Crippen molar-refractivity contribution in [3.63, 3.8) is 0 Å². The maximum atomic E-state index is 5.95. The van der Waals surface area contributed by atoms with Crippen molar-refractivity contribution < 1.29 is 0 Å². The monoisotopic (exact) mass is 186 g/mol. The molecule has 0 fully saturated rings. The van der Waals surface area contributed by atoms with Crippen molar-refractivity contribution in [2.24, 2.45) is 5.73 Å². The zero-order valence-electron chi connectivity index (χ0n) is 8.09. The van der Waals surface area contributed by atoms with Crippen molar-refractivity contribution in [1.29, 1.82) is 0 Å². The van der Waals surface area contributed by atoms with Gasteiger partial charge in [0.2, 0.25) is 0 Å². The van der Waals surface area contributed by atoms with Crippen LogP contribution in [0.5, 0.6) is 0 Å². The first-order valence-corrected chi connectivity index (χ1v) is 5.18. The Morgan fingerprint density at radius 1 is 1.29 bits per heavy atom. The van der Waals surface area contributed by atoms with Crippen molar-refractivity contribution in [2.45, 2.75) is 25.3 Å². The van der Waals surface area contributed by atoms with Gasteiger partial charge in [-0.1, -0.05) is 18.2 Å². The van der Waals surface area contributed by atoms with Gasteiger partial charge in [0, 0.05) is 29.1 Å². The molecule has 0 bridgehead atoms. The summed E-state index contributed by atoms with van der Waals surface area (Å²) in [5.41, 5.74) is 10.0. The van der Waals surface area contributed by atoms with Gasteiger partial charge in [-0.15, -0.1) is 0 Å². The molecule has 2 aromatic rings. The van der Waals surface area contributed by atoms with Crippen molar-refractivity contribution in [3.05, 3.63) is 35.5 Å². The van der Waals surface area contributed by atoms with Crippen molar-refractivity contribution in [1.82, 2.24) is 4.98 Å². The average molecular weight is 186 g/mol. The van der Waals surface area contributed by atoms with Gasteiger partial charge in [-0.3, -0.25) is 0 Å². The number of aromatic nitrogens is 1. The number of nitrogens with two attached hydrogens (primary N) is 1. The smallest absolute Gasteiger partial charge is 0.0458 e. The summed E-state index contributed by atoms with van der Waals surface area (Å²) >= 11 is 0. The number of H-pyrrole nitrogens is 1. The lowest BCUT2D eigenvalue weighted by molar-refractivity contribution is 0.572. The number of nitrogens with one attached hydrogen (secondary N) is 1. The first-order chi connectivity index (χ1) is 6.84. The maximum absolute atomic E-state index is 5.95. The highest BCUT2D eigenvalue weighted by molar-refractivity contribution is 5.84. The Bertz CT molecular complexity index is 470. The number of hydrogen-bond donors (Lipinski definition) is 2. The van der Waals surface area contributed by atoms with Crippen LogP contribution in [0.4, 0.5) is 0 Å². The lowest BCUT2D eigenvalue weighted by Gasteiger charge is -2.17. The standard InChI is InChI=1S/C12H14N2/c13-8-5-6-10-9-3-1-2-4-11(9)14-12(10)7-8/h1-4,8,14H,5-7,13H2/t8-/m1/s1. The lowest BCUT2D eigenvalue weighted by atomic mass is 9.92. The first kappa shape index (κ1) is 8.06. The minimum absolute atomic E-state index is 0.343. The number of benzene rings is 1. The van der Waals surface area contributed by atoms with Gasteiger partial charge in [-0.25, -0.2) is 0 Å². The second kappa shape index (κ2) is 2.85. The van der Waals surface area contributed by atoms with Crippen LogP contribution in [0, 0.1) is 0 Å². The Labute approximate surface area is 83.1 Å². The fourth-order valence-corrected chi connectivity index (χ4v) is 2.41. The summed E-state index contributed by atoms with van der Waals surface area (Å²) in [7, 11) is 0. The second-order valence-corrected chi connectivity index (χ2v) is 4.13. The summed E-state index contributed by atoms with van der Waals surface area (Å²) in [4.78, 5) is 3.47. The van der Waals surface area contributed by atoms with E-state index in [0.717, 1.165) is 19.3 Å². The van der Waals surface area contributed by atoms with Crippen molar-refractivity contribution >= 4 is 10.9 Å². The first-order valence-electron chi connectivity index (χ1n) is 5.18. The average Bonchev–Trinajstić information content (AvgIpc) is 2.54. The molecular formula is C12H14N2. The number of hydrogen-bond acceptors (Lipinski definition) is 1. The van der Waals surface area contributed by atoms with Crippen molar-refractivity contribution in [2.75, 3.05) is 0 Å². The Kier molecular flexibility index (Phi) is 1.64. The topological polar surface area (TPSA) is 41.8 Å². The SMILES string of the molecule is N[C@@H]1CCc2c([nH]c3ccccc23)C1. The zero-order chi connectivity index (χ0) is 9.54. The Morgan fingerprint density at radius 3 is 3.07 bits per heavy atom. The van der Waals surface area contributed by atoms with Crippen LogP contribution >= 0.6 is 0 Å². The molecule has 1 aromatic heterocycles. The van der Waals surface area contributed by atoms with E-state index in [1.807, 2.05) is 0 Å². The van der Waals surface area contributed by atoms with Crippen LogP contribution in [0.2, 0.25) is 0 Å². The summed E-state index contributed by atoms with van der Waals surface area (Å²) in [6, 6.07) is 8.85. The molecule has 2 nitrogen and oxygen atoms in total. The van der Waals surface area contributed by atoms with E-state index >= 15 is 0 Å². The van der Waals surface area contributed by atoms with Crippen LogP contribution in [-0.2, 0) is 12.8 Å². The van der Waals surface area contributed by atoms with Gasteiger partial charge in [0.15, 0.2) is 0 Å². The highest BCUT2D eigenvalue weighted by atomic mass is 14.8. The van der Waals surface area contributed by atoms with Crippen LogP contribution in [0.15, 0.2) is 24.3 Å². The van der Waals surface area contributed by atoms with Gasteiger partial charge < -0.3 is 10.7 Å². The zero-order valence-corrected chi connectivity index (χ0v) is 8.09. The van der Waals surface area contributed by atoms with Gasteiger partial charge in [0.1, 0.15) is 0 Å². The fourth-order valence-electron chi connectivity index (χ4n) is 2.41. The molecule has 72 valence electrons. The molecule has 0 saturated carbocycles. The lowest BCUT2D eigenvalue weighted by Crippen LogP contribution is -2.27. The summed E-state index contributed by atoms with van der Waals surface area (Å²) < 4.78 is 0.